The lowest BCUT2D eigenvalue weighted by molar-refractivity contribution is 0.150. The molecule has 1 rings (SSSR count). The summed E-state index contributed by atoms with van der Waals surface area (Å²) in [5, 5.41) is 3.07. The van der Waals surface area contributed by atoms with Crippen LogP contribution in [0.15, 0.2) is 24.3 Å². The minimum absolute atomic E-state index is 0.337. The lowest BCUT2D eigenvalue weighted by atomic mass is 10.2. The molecule has 0 radical (unpaired) electrons. The Bertz CT molecular complexity index is 315. The lowest BCUT2D eigenvalue weighted by Crippen LogP contribution is -2.20. The van der Waals surface area contributed by atoms with Crippen LogP contribution in [0.2, 0.25) is 5.02 Å². The van der Waals surface area contributed by atoms with Gasteiger partial charge in [0.05, 0.1) is 6.61 Å². The average molecular weight is 214 g/mol. The third-order valence-corrected chi connectivity index (χ3v) is 2.14. The molecule has 0 aliphatic rings. The summed E-state index contributed by atoms with van der Waals surface area (Å²) in [5.41, 5.74) is 0.984. The maximum Gasteiger partial charge on any atom is 0.406 e. The normalized spacial score (nSPS) is 9.57. The summed E-state index contributed by atoms with van der Waals surface area (Å²) in [6.45, 7) is 0.337. The summed E-state index contributed by atoms with van der Waals surface area (Å²) in [7, 11) is 1.53. The number of amides is 1. The molecule has 0 aliphatic carbocycles. The topological polar surface area (TPSA) is 38.3 Å². The zero-order valence-electron chi connectivity index (χ0n) is 7.92. The first-order valence-corrected chi connectivity index (χ1v) is 4.69. The van der Waals surface area contributed by atoms with E-state index >= 15 is 0 Å². The number of rotatable bonds is 3. The van der Waals surface area contributed by atoms with Gasteiger partial charge in [0.2, 0.25) is 0 Å². The maximum atomic E-state index is 10.7. The molecule has 0 unspecified atom stereocenters. The second kappa shape index (κ2) is 5.50. The van der Waals surface area contributed by atoms with Crippen LogP contribution in [0.3, 0.4) is 0 Å². The number of hydrogen-bond donors (Lipinski definition) is 1. The van der Waals surface area contributed by atoms with Crippen LogP contribution in [0.25, 0.3) is 0 Å². The summed E-state index contributed by atoms with van der Waals surface area (Å²) in [4.78, 5) is 10.7. The summed E-state index contributed by atoms with van der Waals surface area (Å²) < 4.78 is 4.84. The van der Waals surface area contributed by atoms with Crippen molar-refractivity contribution in [2.45, 2.75) is 6.42 Å². The van der Waals surface area contributed by atoms with E-state index in [0.29, 0.717) is 18.1 Å². The highest BCUT2D eigenvalue weighted by Gasteiger charge is 2.01. The highest BCUT2D eigenvalue weighted by Crippen LogP contribution is 2.15. The predicted octanol–water partition coefficient (Wildman–Crippen LogP) is 2.24. The fraction of sp³-hybridized carbons (Fsp3) is 0.300. The van der Waals surface area contributed by atoms with Crippen molar-refractivity contribution < 1.29 is 9.53 Å². The van der Waals surface area contributed by atoms with Gasteiger partial charge in [-0.2, -0.15) is 0 Å². The van der Waals surface area contributed by atoms with Crippen molar-refractivity contribution in [2.24, 2.45) is 0 Å². The third kappa shape index (κ3) is 3.26. The van der Waals surface area contributed by atoms with Crippen molar-refractivity contribution in [1.29, 1.82) is 0 Å². The van der Waals surface area contributed by atoms with E-state index in [4.69, 9.17) is 16.3 Å². The standard InChI is InChI=1S/C10H12ClNO2/c1-12-10(13)14-7-6-8-4-2-3-5-9(8)11/h2-5H,6-7H2,1H3,(H,12,13). The van der Waals surface area contributed by atoms with E-state index in [1.807, 2.05) is 24.3 Å². The molecule has 1 aromatic rings. The third-order valence-electron chi connectivity index (χ3n) is 1.77. The summed E-state index contributed by atoms with van der Waals surface area (Å²) in [6.07, 6.45) is 0.213. The van der Waals surface area contributed by atoms with Gasteiger partial charge in [0.25, 0.3) is 0 Å². The van der Waals surface area contributed by atoms with Crippen LogP contribution in [0, 0.1) is 0 Å². The van der Waals surface area contributed by atoms with Crippen LogP contribution in [0.1, 0.15) is 5.56 Å². The first-order chi connectivity index (χ1) is 6.74. The number of carbonyl (C=O) groups is 1. The van der Waals surface area contributed by atoms with Crippen molar-refractivity contribution in [3.63, 3.8) is 0 Å². The highest BCUT2D eigenvalue weighted by molar-refractivity contribution is 6.31. The van der Waals surface area contributed by atoms with Crippen LogP contribution in [-0.4, -0.2) is 19.7 Å². The first-order valence-electron chi connectivity index (χ1n) is 4.32. The number of alkyl carbamates (subject to hydrolysis) is 1. The molecule has 1 aromatic carbocycles. The van der Waals surface area contributed by atoms with Gasteiger partial charge in [0, 0.05) is 18.5 Å². The average Bonchev–Trinajstić information content (AvgIpc) is 2.20. The van der Waals surface area contributed by atoms with Crippen molar-refractivity contribution in [1.82, 2.24) is 5.32 Å². The Balaban J connectivity index is 2.39. The molecule has 1 amide bonds. The molecule has 0 fully saturated rings. The fourth-order valence-corrected chi connectivity index (χ4v) is 1.26. The van der Waals surface area contributed by atoms with Crippen LogP contribution >= 0.6 is 11.6 Å². The van der Waals surface area contributed by atoms with Crippen molar-refractivity contribution in [3.8, 4) is 0 Å². The SMILES string of the molecule is CNC(=O)OCCc1ccccc1Cl. The number of halogens is 1. The summed E-state index contributed by atoms with van der Waals surface area (Å²) in [6, 6.07) is 7.50. The van der Waals surface area contributed by atoms with E-state index in [0.717, 1.165) is 5.56 Å². The molecule has 4 heteroatoms. The Hall–Kier alpha value is -1.22. The van der Waals surface area contributed by atoms with Gasteiger partial charge < -0.3 is 10.1 Å². The minimum atomic E-state index is -0.419. The van der Waals surface area contributed by atoms with Gasteiger partial charge >= 0.3 is 6.09 Å². The molecule has 0 saturated carbocycles. The molecule has 14 heavy (non-hydrogen) atoms. The molecule has 0 aromatic heterocycles. The molecule has 0 atom stereocenters. The highest BCUT2D eigenvalue weighted by atomic mass is 35.5. The number of carbonyl (C=O) groups excluding carboxylic acids is 1. The number of nitrogens with one attached hydrogen (secondary N) is 1. The van der Waals surface area contributed by atoms with Crippen molar-refractivity contribution in [2.75, 3.05) is 13.7 Å². The number of hydrogen-bond acceptors (Lipinski definition) is 2. The molecule has 0 heterocycles. The molecular formula is C10H12ClNO2. The quantitative estimate of drug-likeness (QED) is 0.837. The Morgan fingerprint density at radius 2 is 2.21 bits per heavy atom. The van der Waals surface area contributed by atoms with E-state index in [9.17, 15) is 4.79 Å². The van der Waals surface area contributed by atoms with Gasteiger partial charge in [-0.15, -0.1) is 0 Å². The van der Waals surface area contributed by atoms with Crippen LogP contribution in [-0.2, 0) is 11.2 Å². The van der Waals surface area contributed by atoms with E-state index in [-0.39, 0.29) is 0 Å². The maximum absolute atomic E-state index is 10.7. The van der Waals surface area contributed by atoms with Crippen molar-refractivity contribution in [3.05, 3.63) is 34.9 Å². The molecule has 3 nitrogen and oxygen atoms in total. The second-order valence-corrected chi connectivity index (χ2v) is 3.13. The van der Waals surface area contributed by atoms with Gasteiger partial charge in [0.15, 0.2) is 0 Å². The van der Waals surface area contributed by atoms with E-state index in [1.165, 1.54) is 7.05 Å². The molecular weight excluding hydrogens is 202 g/mol. The Morgan fingerprint density at radius 1 is 1.50 bits per heavy atom. The Labute approximate surface area is 88.0 Å². The minimum Gasteiger partial charge on any atom is -0.449 e. The summed E-state index contributed by atoms with van der Waals surface area (Å²) in [5.74, 6) is 0. The molecule has 0 aliphatic heterocycles. The van der Waals surface area contributed by atoms with Gasteiger partial charge in [-0.05, 0) is 11.6 Å². The smallest absolute Gasteiger partial charge is 0.406 e. The van der Waals surface area contributed by atoms with Gasteiger partial charge in [-0.1, -0.05) is 29.8 Å². The molecule has 1 N–H and O–H groups in total. The zero-order chi connectivity index (χ0) is 10.4. The van der Waals surface area contributed by atoms with Gasteiger partial charge in [-0.3, -0.25) is 0 Å². The zero-order valence-corrected chi connectivity index (χ0v) is 8.67. The Morgan fingerprint density at radius 3 is 2.86 bits per heavy atom. The molecule has 0 bridgehead atoms. The van der Waals surface area contributed by atoms with Crippen LogP contribution in [0.5, 0.6) is 0 Å². The number of ether oxygens (including phenoxy) is 1. The van der Waals surface area contributed by atoms with E-state index in [2.05, 4.69) is 5.32 Å². The van der Waals surface area contributed by atoms with Crippen LogP contribution in [0.4, 0.5) is 4.79 Å². The van der Waals surface area contributed by atoms with Crippen molar-refractivity contribution >= 4 is 17.7 Å². The molecule has 76 valence electrons. The fourth-order valence-electron chi connectivity index (χ4n) is 1.03. The first kappa shape index (κ1) is 10.9. The second-order valence-electron chi connectivity index (χ2n) is 2.73. The van der Waals surface area contributed by atoms with E-state index < -0.39 is 6.09 Å². The lowest BCUT2D eigenvalue weighted by Gasteiger charge is -2.05. The molecule has 0 spiro atoms. The predicted molar refractivity (Wildman–Crippen MR) is 55.6 cm³/mol. The Kier molecular flexibility index (Phi) is 4.26. The van der Waals surface area contributed by atoms with Gasteiger partial charge in [0.1, 0.15) is 0 Å². The van der Waals surface area contributed by atoms with Crippen LogP contribution < -0.4 is 5.32 Å². The number of benzene rings is 1. The van der Waals surface area contributed by atoms with Gasteiger partial charge in [-0.25, -0.2) is 4.79 Å². The van der Waals surface area contributed by atoms with E-state index in [1.54, 1.807) is 0 Å². The largest absolute Gasteiger partial charge is 0.449 e. The monoisotopic (exact) mass is 213 g/mol. The summed E-state index contributed by atoms with van der Waals surface area (Å²) >= 11 is 5.92. The molecule has 0 saturated heterocycles.